The van der Waals surface area contributed by atoms with Crippen molar-refractivity contribution >= 4 is 27.1 Å². The number of alkyl halides is 2. The lowest BCUT2D eigenvalue weighted by Crippen LogP contribution is -2.30. The predicted octanol–water partition coefficient (Wildman–Crippen LogP) is 5.37. The first kappa shape index (κ1) is 26.5. The summed E-state index contributed by atoms with van der Waals surface area (Å²) >= 11 is 0. The zero-order valence-electron chi connectivity index (χ0n) is 20.9. The second-order valence-corrected chi connectivity index (χ2v) is 11.3. The Hall–Kier alpha value is -3.60. The molecule has 8 nitrogen and oxygen atoms in total. The molecule has 0 unspecified atom stereocenters. The number of ether oxygens (including phenoxy) is 1. The number of nitrogens with one attached hydrogen (secondary N) is 2. The highest BCUT2D eigenvalue weighted by atomic mass is 32.2. The van der Waals surface area contributed by atoms with Gasteiger partial charge >= 0.3 is 0 Å². The van der Waals surface area contributed by atoms with Crippen LogP contribution in [-0.4, -0.2) is 52.7 Å². The minimum absolute atomic E-state index is 0.0372. The summed E-state index contributed by atoms with van der Waals surface area (Å²) in [6, 6.07) is 13.5. The molecule has 0 bridgehead atoms. The molecule has 0 spiro atoms. The van der Waals surface area contributed by atoms with E-state index in [0.717, 1.165) is 5.56 Å². The Bertz CT molecular complexity index is 1410. The molecule has 0 aliphatic carbocycles. The van der Waals surface area contributed by atoms with Crippen molar-refractivity contribution in [2.75, 3.05) is 36.7 Å². The van der Waals surface area contributed by atoms with E-state index in [9.17, 15) is 17.8 Å². The van der Waals surface area contributed by atoms with Crippen molar-refractivity contribution in [2.24, 2.45) is 0 Å². The third kappa shape index (κ3) is 6.04. The van der Waals surface area contributed by atoms with E-state index in [-0.39, 0.29) is 42.1 Å². The number of rotatable bonds is 6. The molecule has 1 aromatic heterocycles. The molecule has 2 N–H and O–H groups in total. The van der Waals surface area contributed by atoms with Gasteiger partial charge in [0.25, 0.3) is 5.91 Å². The summed E-state index contributed by atoms with van der Waals surface area (Å²) in [7, 11) is -1.42. The van der Waals surface area contributed by atoms with E-state index >= 15 is 0 Å². The molecule has 1 atom stereocenters. The van der Waals surface area contributed by atoms with E-state index in [2.05, 4.69) is 15.5 Å². The molecule has 1 fully saturated rings. The van der Waals surface area contributed by atoms with E-state index in [4.69, 9.17) is 9.52 Å². The van der Waals surface area contributed by atoms with Crippen molar-refractivity contribution in [1.82, 2.24) is 10.2 Å². The lowest BCUT2D eigenvalue weighted by Gasteiger charge is -2.25. The Kier molecular flexibility index (Phi) is 7.44. The maximum Gasteiger partial charge on any atom is 0.259 e. The summed E-state index contributed by atoms with van der Waals surface area (Å²) in [5.41, 5.74) is 2.32. The molecular formula is C26H29F2N5O3S. The standard InChI is InChI=1S/C26H29F2N5O3S/c1-17-22(25(34)30-19-6-4-7-21(16-19)37(3,29)35)24(33-14-5-12-26(27,28)13-15-33)32-31-23(17)18-8-10-20(36-2)11-9-18/h4,6-11,16,29H,5,12-15H2,1-3H3,(H,30,34)/t37-/m0/s1. The van der Waals surface area contributed by atoms with E-state index in [1.54, 1.807) is 61.4 Å². The fraction of sp³-hybridized carbons (Fsp3) is 0.346. The predicted molar refractivity (Wildman–Crippen MR) is 139 cm³/mol. The second kappa shape index (κ2) is 10.4. The zero-order valence-corrected chi connectivity index (χ0v) is 21.7. The number of carbonyl (C=O) groups is 1. The number of hydrogen-bond donors (Lipinski definition) is 2. The van der Waals surface area contributed by atoms with Crippen LogP contribution in [0.4, 0.5) is 20.3 Å². The van der Waals surface area contributed by atoms with Gasteiger partial charge in [-0.25, -0.2) is 17.8 Å². The van der Waals surface area contributed by atoms with Crippen LogP contribution in [0.25, 0.3) is 11.3 Å². The van der Waals surface area contributed by atoms with Gasteiger partial charge in [0.2, 0.25) is 5.92 Å². The van der Waals surface area contributed by atoms with Gasteiger partial charge in [-0.2, -0.15) is 0 Å². The lowest BCUT2D eigenvalue weighted by molar-refractivity contribution is -0.0102. The number of hydrogen-bond acceptors (Lipinski definition) is 7. The molecule has 0 radical (unpaired) electrons. The Morgan fingerprint density at radius 1 is 1.14 bits per heavy atom. The average molecular weight is 530 g/mol. The molecular weight excluding hydrogens is 500 g/mol. The van der Waals surface area contributed by atoms with Crippen LogP contribution >= 0.6 is 0 Å². The SMILES string of the molecule is COc1ccc(-c2nnc(N3CCCC(F)(F)CC3)c(C(=O)Nc3cccc([S@@](C)(=N)=O)c3)c2C)cc1. The summed E-state index contributed by atoms with van der Waals surface area (Å²) in [4.78, 5) is 15.6. The van der Waals surface area contributed by atoms with Gasteiger partial charge in [0.05, 0.1) is 28.1 Å². The van der Waals surface area contributed by atoms with Crippen LogP contribution in [0, 0.1) is 11.7 Å². The summed E-state index contributed by atoms with van der Waals surface area (Å²) < 4.78 is 53.4. The summed E-state index contributed by atoms with van der Waals surface area (Å²) in [5.74, 6) is -2.37. The highest BCUT2D eigenvalue weighted by Crippen LogP contribution is 2.34. The van der Waals surface area contributed by atoms with Crippen LogP contribution in [-0.2, 0) is 9.73 Å². The average Bonchev–Trinajstić information content (AvgIpc) is 3.03. The molecule has 3 aromatic rings. The van der Waals surface area contributed by atoms with Gasteiger partial charge in [-0.1, -0.05) is 6.07 Å². The van der Waals surface area contributed by atoms with E-state index in [1.165, 1.54) is 12.3 Å². The van der Waals surface area contributed by atoms with Crippen LogP contribution in [0.2, 0.25) is 0 Å². The van der Waals surface area contributed by atoms with Gasteiger partial charge in [-0.05, 0) is 61.4 Å². The van der Waals surface area contributed by atoms with Gasteiger partial charge in [-0.3, -0.25) is 4.79 Å². The highest BCUT2D eigenvalue weighted by molar-refractivity contribution is 7.91. The van der Waals surface area contributed by atoms with E-state index < -0.39 is 21.6 Å². The number of halogens is 2. The molecule has 1 saturated heterocycles. The first-order valence-electron chi connectivity index (χ1n) is 11.8. The summed E-state index contributed by atoms with van der Waals surface area (Å²) in [6.07, 6.45) is 0.994. The first-order valence-corrected chi connectivity index (χ1v) is 13.7. The normalized spacial score (nSPS) is 16.9. The number of carbonyl (C=O) groups excluding carboxylic acids is 1. The quantitative estimate of drug-likeness (QED) is 0.444. The fourth-order valence-electron chi connectivity index (χ4n) is 4.31. The van der Waals surface area contributed by atoms with Crippen LogP contribution in [0.1, 0.15) is 35.2 Å². The van der Waals surface area contributed by atoms with Gasteiger partial charge in [0.1, 0.15) is 5.75 Å². The van der Waals surface area contributed by atoms with E-state index in [0.29, 0.717) is 29.2 Å². The van der Waals surface area contributed by atoms with Crippen molar-refractivity contribution in [3.05, 3.63) is 59.7 Å². The molecule has 11 heteroatoms. The van der Waals surface area contributed by atoms with Crippen molar-refractivity contribution < 1.29 is 22.5 Å². The van der Waals surface area contributed by atoms with Crippen molar-refractivity contribution in [2.45, 2.75) is 37.0 Å². The number of benzene rings is 2. The topological polar surface area (TPSA) is 108 Å². The van der Waals surface area contributed by atoms with E-state index in [1.807, 2.05) is 0 Å². The number of nitrogens with zero attached hydrogens (tertiary/aromatic N) is 3. The van der Waals surface area contributed by atoms with Gasteiger partial charge in [0, 0.05) is 48.3 Å². The lowest BCUT2D eigenvalue weighted by atomic mass is 10.0. The molecule has 4 rings (SSSR count). The Morgan fingerprint density at radius 3 is 2.54 bits per heavy atom. The van der Waals surface area contributed by atoms with Gasteiger partial charge in [0.15, 0.2) is 5.82 Å². The van der Waals surface area contributed by atoms with Crippen molar-refractivity contribution in [1.29, 1.82) is 4.78 Å². The summed E-state index contributed by atoms with van der Waals surface area (Å²) in [6.45, 7) is 2.10. The maximum absolute atomic E-state index is 14.1. The fourth-order valence-corrected chi connectivity index (χ4v) is 5.00. The maximum atomic E-state index is 14.1. The molecule has 1 aliphatic rings. The molecule has 2 heterocycles. The van der Waals surface area contributed by atoms with Crippen molar-refractivity contribution in [3.8, 4) is 17.0 Å². The Labute approximate surface area is 215 Å². The Morgan fingerprint density at radius 2 is 1.86 bits per heavy atom. The van der Waals surface area contributed by atoms with Gasteiger partial charge in [-0.15, -0.1) is 10.2 Å². The molecule has 2 aromatic carbocycles. The third-order valence-electron chi connectivity index (χ3n) is 6.35. The van der Waals surface area contributed by atoms with Crippen LogP contribution in [0.5, 0.6) is 5.75 Å². The molecule has 196 valence electrons. The number of anilines is 2. The second-order valence-electron chi connectivity index (χ2n) is 9.12. The highest BCUT2D eigenvalue weighted by Gasteiger charge is 2.34. The largest absolute Gasteiger partial charge is 0.497 e. The number of aromatic nitrogens is 2. The Balaban J connectivity index is 1.78. The molecule has 37 heavy (non-hydrogen) atoms. The van der Waals surface area contributed by atoms with Gasteiger partial charge < -0.3 is 15.0 Å². The van der Waals surface area contributed by atoms with Crippen molar-refractivity contribution in [3.63, 3.8) is 0 Å². The van der Waals surface area contributed by atoms with Crippen LogP contribution in [0.15, 0.2) is 53.4 Å². The molecule has 0 saturated carbocycles. The smallest absolute Gasteiger partial charge is 0.259 e. The number of amides is 1. The minimum atomic E-state index is -2.99. The van der Waals surface area contributed by atoms with Crippen LogP contribution < -0.4 is 15.0 Å². The third-order valence-corrected chi connectivity index (χ3v) is 7.50. The van der Waals surface area contributed by atoms with Crippen LogP contribution in [0.3, 0.4) is 0 Å². The molecule has 1 aliphatic heterocycles. The minimum Gasteiger partial charge on any atom is -0.497 e. The number of methoxy groups -OCH3 is 1. The monoisotopic (exact) mass is 529 g/mol. The summed E-state index contributed by atoms with van der Waals surface area (Å²) in [5, 5.41) is 11.5. The molecule has 1 amide bonds. The zero-order chi connectivity index (χ0) is 26.8. The first-order chi connectivity index (χ1) is 17.5.